The van der Waals surface area contributed by atoms with Crippen molar-refractivity contribution in [2.24, 2.45) is 0 Å². The quantitative estimate of drug-likeness (QED) is 0.810. The molecular weight excluding hydrogens is 309 g/mol. The van der Waals surface area contributed by atoms with Gasteiger partial charge in [-0.25, -0.2) is 9.48 Å². The van der Waals surface area contributed by atoms with Crippen LogP contribution in [0.15, 0.2) is 30.3 Å². The average molecular weight is 319 g/mol. The van der Waals surface area contributed by atoms with Crippen LogP contribution in [0.3, 0.4) is 0 Å². The Hall–Kier alpha value is -2.02. The number of carbonyl (C=O) groups is 1. The molecule has 0 fully saturated rings. The Morgan fingerprint density at radius 2 is 2.05 bits per heavy atom. The van der Waals surface area contributed by atoms with Crippen LogP contribution < -0.4 is 0 Å². The minimum Gasteiger partial charge on any atom is -0.461 e. The van der Waals surface area contributed by atoms with Crippen molar-refractivity contribution in [2.75, 3.05) is 6.61 Å². The molecule has 0 amide bonds. The fourth-order valence-corrected chi connectivity index (χ4v) is 1.89. The van der Waals surface area contributed by atoms with Crippen LogP contribution in [0.25, 0.3) is 5.69 Å². The number of benzene rings is 1. The van der Waals surface area contributed by atoms with Gasteiger partial charge in [0.05, 0.1) is 17.3 Å². The monoisotopic (exact) mass is 318 g/mol. The normalized spacial score (nSPS) is 11.5. The molecule has 0 spiro atoms. The van der Waals surface area contributed by atoms with E-state index in [0.717, 1.165) is 4.68 Å². The molecule has 0 aliphatic rings. The smallest absolute Gasteiger partial charge is 0.435 e. The van der Waals surface area contributed by atoms with Crippen molar-refractivity contribution < 1.29 is 22.7 Å². The number of esters is 1. The lowest BCUT2D eigenvalue weighted by Crippen LogP contribution is -2.12. The van der Waals surface area contributed by atoms with Gasteiger partial charge in [0.15, 0.2) is 11.4 Å². The van der Waals surface area contributed by atoms with Crippen molar-refractivity contribution in [1.82, 2.24) is 9.78 Å². The molecule has 0 saturated heterocycles. The van der Waals surface area contributed by atoms with Gasteiger partial charge in [-0.15, -0.1) is 0 Å². The number of hydrogen-bond acceptors (Lipinski definition) is 3. The third-order valence-corrected chi connectivity index (χ3v) is 2.88. The summed E-state index contributed by atoms with van der Waals surface area (Å²) in [6.07, 6.45) is -4.67. The average Bonchev–Trinajstić information content (AvgIpc) is 2.84. The van der Waals surface area contributed by atoms with Gasteiger partial charge < -0.3 is 4.74 Å². The molecule has 21 heavy (non-hydrogen) atoms. The highest BCUT2D eigenvalue weighted by molar-refractivity contribution is 6.32. The lowest BCUT2D eigenvalue weighted by molar-refractivity contribution is -0.141. The summed E-state index contributed by atoms with van der Waals surface area (Å²) in [6, 6.07) is 6.77. The van der Waals surface area contributed by atoms with Crippen LogP contribution in [0.5, 0.6) is 0 Å². The molecule has 0 saturated carbocycles. The van der Waals surface area contributed by atoms with Crippen molar-refractivity contribution in [3.05, 3.63) is 46.7 Å². The van der Waals surface area contributed by atoms with E-state index >= 15 is 0 Å². The number of rotatable bonds is 3. The van der Waals surface area contributed by atoms with E-state index in [1.165, 1.54) is 12.1 Å². The molecule has 0 bridgehead atoms. The van der Waals surface area contributed by atoms with E-state index in [0.29, 0.717) is 6.07 Å². The Bertz CT molecular complexity index is 668. The van der Waals surface area contributed by atoms with Gasteiger partial charge >= 0.3 is 12.1 Å². The van der Waals surface area contributed by atoms with E-state index in [4.69, 9.17) is 16.3 Å². The van der Waals surface area contributed by atoms with Gasteiger partial charge in [0.25, 0.3) is 0 Å². The maximum Gasteiger partial charge on any atom is 0.435 e. The zero-order chi connectivity index (χ0) is 15.6. The molecule has 1 heterocycles. The second-order valence-corrected chi connectivity index (χ2v) is 4.40. The Labute approximate surface area is 123 Å². The second-order valence-electron chi connectivity index (χ2n) is 4.00. The fourth-order valence-electron chi connectivity index (χ4n) is 1.68. The van der Waals surface area contributed by atoms with Crippen molar-refractivity contribution in [1.29, 1.82) is 0 Å². The Kier molecular flexibility index (Phi) is 4.22. The summed E-state index contributed by atoms with van der Waals surface area (Å²) in [5.41, 5.74) is -1.36. The predicted molar refractivity (Wildman–Crippen MR) is 69.5 cm³/mol. The Morgan fingerprint density at radius 1 is 1.38 bits per heavy atom. The number of para-hydroxylation sites is 1. The largest absolute Gasteiger partial charge is 0.461 e. The van der Waals surface area contributed by atoms with Crippen LogP contribution in [0.2, 0.25) is 5.02 Å². The number of halogens is 4. The molecular formula is C13H10ClF3N2O2. The SMILES string of the molecule is CCOC(=O)c1cc(C(F)(F)F)nn1-c1ccccc1Cl. The summed E-state index contributed by atoms with van der Waals surface area (Å²) >= 11 is 5.94. The van der Waals surface area contributed by atoms with Crippen molar-refractivity contribution in [2.45, 2.75) is 13.1 Å². The first-order chi connectivity index (χ1) is 9.84. The zero-order valence-corrected chi connectivity index (χ0v) is 11.6. The summed E-state index contributed by atoms with van der Waals surface area (Å²) in [6.45, 7) is 1.59. The lowest BCUT2D eigenvalue weighted by atomic mass is 10.3. The van der Waals surface area contributed by atoms with E-state index < -0.39 is 17.8 Å². The van der Waals surface area contributed by atoms with Crippen molar-refractivity contribution >= 4 is 17.6 Å². The van der Waals surface area contributed by atoms with Crippen LogP contribution in [-0.4, -0.2) is 22.4 Å². The van der Waals surface area contributed by atoms with Crippen LogP contribution >= 0.6 is 11.6 Å². The van der Waals surface area contributed by atoms with Gasteiger partial charge in [0.2, 0.25) is 0 Å². The summed E-state index contributed by atoms with van der Waals surface area (Å²) in [4.78, 5) is 11.8. The molecule has 0 N–H and O–H groups in total. The van der Waals surface area contributed by atoms with Crippen LogP contribution in [0.1, 0.15) is 23.1 Å². The summed E-state index contributed by atoms with van der Waals surface area (Å²) in [7, 11) is 0. The van der Waals surface area contributed by atoms with E-state index in [9.17, 15) is 18.0 Å². The Balaban J connectivity index is 2.61. The first-order valence-corrected chi connectivity index (χ1v) is 6.31. The van der Waals surface area contributed by atoms with Gasteiger partial charge in [0.1, 0.15) is 0 Å². The van der Waals surface area contributed by atoms with E-state index in [2.05, 4.69) is 5.10 Å². The highest BCUT2D eigenvalue weighted by Gasteiger charge is 2.36. The lowest BCUT2D eigenvalue weighted by Gasteiger charge is -2.08. The van der Waals surface area contributed by atoms with Crippen molar-refractivity contribution in [3.63, 3.8) is 0 Å². The number of ether oxygens (including phenoxy) is 1. The highest BCUT2D eigenvalue weighted by atomic mass is 35.5. The fraction of sp³-hybridized carbons (Fsp3) is 0.231. The molecule has 1 aromatic carbocycles. The maximum absolute atomic E-state index is 12.8. The highest BCUT2D eigenvalue weighted by Crippen LogP contribution is 2.31. The molecule has 2 aromatic rings. The first-order valence-electron chi connectivity index (χ1n) is 5.94. The Morgan fingerprint density at radius 3 is 2.62 bits per heavy atom. The molecule has 0 radical (unpaired) electrons. The van der Waals surface area contributed by atoms with Crippen LogP contribution in [0, 0.1) is 0 Å². The molecule has 0 unspecified atom stereocenters. The van der Waals surface area contributed by atoms with E-state index in [-0.39, 0.29) is 23.0 Å². The standard InChI is InChI=1S/C13H10ClF3N2O2/c1-2-21-12(20)10-7-11(13(15,16)17)18-19(10)9-6-4-3-5-8(9)14/h3-7H,2H2,1H3. The number of hydrogen-bond donors (Lipinski definition) is 0. The predicted octanol–water partition coefficient (Wildman–Crippen LogP) is 3.72. The third-order valence-electron chi connectivity index (χ3n) is 2.57. The molecule has 0 aliphatic heterocycles. The molecule has 112 valence electrons. The maximum atomic E-state index is 12.8. The van der Waals surface area contributed by atoms with Crippen LogP contribution in [0.4, 0.5) is 13.2 Å². The minimum atomic E-state index is -4.67. The number of carbonyl (C=O) groups excluding carboxylic acids is 1. The van der Waals surface area contributed by atoms with Gasteiger partial charge in [-0.2, -0.15) is 18.3 Å². The molecule has 1 aromatic heterocycles. The molecule has 8 heteroatoms. The van der Waals surface area contributed by atoms with E-state index in [1.807, 2.05) is 0 Å². The second kappa shape index (κ2) is 5.77. The number of aromatic nitrogens is 2. The summed E-state index contributed by atoms with van der Waals surface area (Å²) in [5.74, 6) is -0.902. The summed E-state index contributed by atoms with van der Waals surface area (Å²) in [5, 5.41) is 3.59. The van der Waals surface area contributed by atoms with Gasteiger partial charge in [-0.3, -0.25) is 0 Å². The van der Waals surface area contributed by atoms with Crippen molar-refractivity contribution in [3.8, 4) is 5.69 Å². The molecule has 4 nitrogen and oxygen atoms in total. The molecule has 0 aliphatic carbocycles. The van der Waals surface area contributed by atoms with Gasteiger partial charge in [-0.05, 0) is 19.1 Å². The summed E-state index contributed by atoms with van der Waals surface area (Å²) < 4.78 is 43.9. The number of nitrogens with zero attached hydrogens (tertiary/aromatic N) is 2. The topological polar surface area (TPSA) is 44.1 Å². The van der Waals surface area contributed by atoms with Crippen LogP contribution in [-0.2, 0) is 10.9 Å². The minimum absolute atomic E-state index is 0.0356. The first kappa shape index (κ1) is 15.4. The zero-order valence-electron chi connectivity index (χ0n) is 10.8. The molecule has 0 atom stereocenters. The molecule has 2 rings (SSSR count). The van der Waals surface area contributed by atoms with E-state index in [1.54, 1.807) is 19.1 Å². The van der Waals surface area contributed by atoms with Gasteiger partial charge in [0, 0.05) is 6.07 Å². The third kappa shape index (κ3) is 3.18. The number of alkyl halides is 3. The van der Waals surface area contributed by atoms with Gasteiger partial charge in [-0.1, -0.05) is 23.7 Å².